The Morgan fingerprint density at radius 1 is 1.16 bits per heavy atom. The number of hydrogen-bond donors (Lipinski definition) is 2. The van der Waals surface area contributed by atoms with E-state index in [0.717, 1.165) is 25.1 Å². The third-order valence-corrected chi connectivity index (χ3v) is 6.08. The van der Waals surface area contributed by atoms with Crippen molar-refractivity contribution in [2.24, 2.45) is 0 Å². The van der Waals surface area contributed by atoms with Crippen molar-refractivity contribution in [3.05, 3.63) is 59.7 Å². The maximum absolute atomic E-state index is 12.7. The van der Waals surface area contributed by atoms with Crippen molar-refractivity contribution in [2.75, 3.05) is 24.5 Å². The Morgan fingerprint density at radius 2 is 1.84 bits per heavy atom. The second kappa shape index (κ2) is 7.54. The van der Waals surface area contributed by atoms with Crippen molar-refractivity contribution < 1.29 is 12.8 Å². The first-order chi connectivity index (χ1) is 12.0. The molecule has 1 fully saturated rings. The molecule has 0 aliphatic carbocycles. The second-order valence-corrected chi connectivity index (χ2v) is 8.22. The number of anilines is 1. The van der Waals surface area contributed by atoms with Gasteiger partial charge in [-0.3, -0.25) is 9.11 Å². The molecule has 1 aliphatic rings. The van der Waals surface area contributed by atoms with E-state index in [1.165, 1.54) is 17.7 Å². The lowest BCUT2D eigenvalue weighted by atomic mass is 9.98. The van der Waals surface area contributed by atoms with Gasteiger partial charge in [-0.25, -0.2) is 8.42 Å². The van der Waals surface area contributed by atoms with E-state index in [2.05, 4.69) is 10.0 Å². The number of halogens is 1. The molecule has 2 N–H and O–H groups in total. The summed E-state index contributed by atoms with van der Waals surface area (Å²) in [7, 11) is -3.65. The van der Waals surface area contributed by atoms with Crippen LogP contribution in [0.1, 0.15) is 36.3 Å². The molecule has 2 aromatic rings. The molecule has 0 aromatic heterocycles. The van der Waals surface area contributed by atoms with E-state index in [9.17, 15) is 12.8 Å². The zero-order chi connectivity index (χ0) is 17.9. The molecule has 0 bridgehead atoms. The highest BCUT2D eigenvalue weighted by Gasteiger charge is 2.18. The summed E-state index contributed by atoms with van der Waals surface area (Å²) >= 11 is 0. The van der Waals surface area contributed by atoms with Gasteiger partial charge in [-0.2, -0.15) is 0 Å². The Kier molecular flexibility index (Phi) is 5.39. The van der Waals surface area contributed by atoms with Gasteiger partial charge in [0.25, 0.3) is 10.0 Å². The molecule has 1 unspecified atom stereocenters. The van der Waals surface area contributed by atoms with Crippen LogP contribution in [0.15, 0.2) is 53.4 Å². The van der Waals surface area contributed by atoms with Crippen molar-refractivity contribution in [2.45, 2.75) is 30.1 Å². The number of rotatable bonds is 6. The zero-order valence-electron chi connectivity index (χ0n) is 14.2. The van der Waals surface area contributed by atoms with E-state index in [1.807, 2.05) is 12.1 Å². The minimum absolute atomic E-state index is 0.173. The van der Waals surface area contributed by atoms with Crippen molar-refractivity contribution in [1.82, 2.24) is 5.32 Å². The molecule has 134 valence electrons. The van der Waals surface area contributed by atoms with E-state index in [0.29, 0.717) is 11.6 Å². The summed E-state index contributed by atoms with van der Waals surface area (Å²) < 4.78 is 40.3. The molecule has 1 heterocycles. The lowest BCUT2D eigenvalue weighted by Crippen LogP contribution is -2.13. The van der Waals surface area contributed by atoms with E-state index >= 15 is 0 Å². The molecule has 1 aliphatic heterocycles. The smallest absolute Gasteiger partial charge is 0.261 e. The predicted molar refractivity (Wildman–Crippen MR) is 98.3 cm³/mol. The van der Waals surface area contributed by atoms with Gasteiger partial charge in [0, 0.05) is 18.2 Å². The second-order valence-electron chi connectivity index (χ2n) is 6.54. The van der Waals surface area contributed by atoms with Gasteiger partial charge in [0.1, 0.15) is 0 Å². The van der Waals surface area contributed by atoms with Crippen molar-refractivity contribution >= 4 is 15.7 Å². The summed E-state index contributed by atoms with van der Waals surface area (Å²) in [5.41, 5.74) is 2.55. The van der Waals surface area contributed by atoms with Gasteiger partial charge in [-0.1, -0.05) is 31.2 Å². The number of nitrogens with one attached hydrogen (secondary N) is 2. The van der Waals surface area contributed by atoms with Crippen molar-refractivity contribution in [3.8, 4) is 0 Å². The molecule has 1 saturated heterocycles. The third kappa shape index (κ3) is 4.19. The van der Waals surface area contributed by atoms with Gasteiger partial charge in [-0.15, -0.1) is 0 Å². The standard InChI is InChI=1S/C19H23FN2O2S/c1-14(12-20)15-4-8-19(9-5-15)25(23,24)22-18-6-2-16(3-7-18)17-10-11-21-13-17/h2-9,14,17,21-22H,10-13H2,1H3/t14-,17?/m1/s1. The predicted octanol–water partition coefficient (Wildman–Crippen LogP) is 3.64. The Morgan fingerprint density at radius 3 is 2.40 bits per heavy atom. The van der Waals surface area contributed by atoms with Crippen LogP contribution < -0.4 is 10.0 Å². The minimum atomic E-state index is -3.65. The molecule has 0 spiro atoms. The molecule has 25 heavy (non-hydrogen) atoms. The van der Waals surface area contributed by atoms with Gasteiger partial charge < -0.3 is 5.32 Å². The van der Waals surface area contributed by atoms with E-state index < -0.39 is 16.7 Å². The number of hydrogen-bond acceptors (Lipinski definition) is 3. The summed E-state index contributed by atoms with van der Waals surface area (Å²) in [6, 6.07) is 13.9. The van der Waals surface area contributed by atoms with Gasteiger partial charge in [-0.05, 0) is 54.3 Å². The first-order valence-electron chi connectivity index (χ1n) is 8.49. The molecular weight excluding hydrogens is 339 g/mol. The molecule has 0 radical (unpaired) electrons. The highest BCUT2D eigenvalue weighted by molar-refractivity contribution is 7.92. The molecule has 6 heteroatoms. The van der Waals surface area contributed by atoms with Gasteiger partial charge in [0.05, 0.1) is 11.6 Å². The first kappa shape index (κ1) is 17.9. The van der Waals surface area contributed by atoms with Crippen molar-refractivity contribution in [1.29, 1.82) is 0 Å². The molecule has 3 rings (SSSR count). The Bertz CT molecular complexity index is 798. The quantitative estimate of drug-likeness (QED) is 0.825. The van der Waals surface area contributed by atoms with Crippen LogP contribution >= 0.6 is 0 Å². The molecule has 0 saturated carbocycles. The lowest BCUT2D eigenvalue weighted by Gasteiger charge is -2.12. The van der Waals surface area contributed by atoms with Crippen LogP contribution in [0.2, 0.25) is 0 Å². The van der Waals surface area contributed by atoms with Crippen LogP contribution in [-0.4, -0.2) is 28.2 Å². The van der Waals surface area contributed by atoms with Gasteiger partial charge in [0.15, 0.2) is 0 Å². The van der Waals surface area contributed by atoms with E-state index in [-0.39, 0.29) is 10.8 Å². The Balaban J connectivity index is 1.72. The molecule has 4 nitrogen and oxygen atoms in total. The lowest BCUT2D eigenvalue weighted by molar-refractivity contribution is 0.447. The van der Waals surface area contributed by atoms with E-state index in [1.54, 1.807) is 31.2 Å². The molecule has 0 amide bonds. The number of alkyl halides is 1. The number of benzene rings is 2. The summed E-state index contributed by atoms with van der Waals surface area (Å²) in [4.78, 5) is 0.173. The van der Waals surface area contributed by atoms with Gasteiger partial charge >= 0.3 is 0 Å². The number of sulfonamides is 1. The van der Waals surface area contributed by atoms with Crippen LogP contribution in [0.3, 0.4) is 0 Å². The van der Waals surface area contributed by atoms with Crippen LogP contribution in [0.5, 0.6) is 0 Å². The minimum Gasteiger partial charge on any atom is -0.316 e. The third-order valence-electron chi connectivity index (χ3n) is 4.69. The summed E-state index contributed by atoms with van der Waals surface area (Å²) in [6.45, 7) is 3.29. The first-order valence-corrected chi connectivity index (χ1v) is 9.97. The Labute approximate surface area is 148 Å². The Hall–Kier alpha value is -1.92. The monoisotopic (exact) mass is 362 g/mol. The molecular formula is C19H23FN2O2S. The van der Waals surface area contributed by atoms with Crippen LogP contribution in [-0.2, 0) is 10.0 Å². The van der Waals surface area contributed by atoms with Crippen LogP contribution in [0.25, 0.3) is 0 Å². The van der Waals surface area contributed by atoms with Crippen LogP contribution in [0.4, 0.5) is 10.1 Å². The fraction of sp³-hybridized carbons (Fsp3) is 0.368. The molecule has 2 aromatic carbocycles. The summed E-state index contributed by atoms with van der Waals surface area (Å²) in [5, 5.41) is 3.33. The molecule has 2 atom stereocenters. The topological polar surface area (TPSA) is 58.2 Å². The fourth-order valence-corrected chi connectivity index (χ4v) is 4.10. The average molecular weight is 362 g/mol. The fourth-order valence-electron chi connectivity index (χ4n) is 3.04. The highest BCUT2D eigenvalue weighted by Crippen LogP contribution is 2.25. The van der Waals surface area contributed by atoms with Crippen molar-refractivity contribution in [3.63, 3.8) is 0 Å². The maximum Gasteiger partial charge on any atom is 0.261 e. The average Bonchev–Trinajstić information content (AvgIpc) is 3.16. The van der Waals surface area contributed by atoms with Crippen LogP contribution in [0, 0.1) is 0 Å². The SMILES string of the molecule is C[C@H](CF)c1ccc(S(=O)(=O)Nc2ccc(C3CCNC3)cc2)cc1. The summed E-state index contributed by atoms with van der Waals surface area (Å²) in [6.07, 6.45) is 1.11. The normalized spacial score (nSPS) is 18.9. The zero-order valence-corrected chi connectivity index (χ0v) is 15.0. The van der Waals surface area contributed by atoms with Gasteiger partial charge in [0.2, 0.25) is 0 Å². The largest absolute Gasteiger partial charge is 0.316 e. The maximum atomic E-state index is 12.7. The summed E-state index contributed by atoms with van der Waals surface area (Å²) in [5.74, 6) is 0.262. The highest BCUT2D eigenvalue weighted by atomic mass is 32.2. The van der Waals surface area contributed by atoms with E-state index in [4.69, 9.17) is 0 Å².